The number of aryl methyl sites for hydroxylation is 1. The molecule has 0 unspecified atom stereocenters. The molecular formula is C13H10ClF2N5OS. The molecule has 23 heavy (non-hydrogen) atoms. The van der Waals surface area contributed by atoms with Crippen LogP contribution in [0.1, 0.15) is 22.7 Å². The van der Waals surface area contributed by atoms with E-state index in [1.807, 2.05) is 0 Å². The van der Waals surface area contributed by atoms with Gasteiger partial charge in [0.25, 0.3) is 5.91 Å². The highest BCUT2D eigenvalue weighted by Crippen LogP contribution is 2.33. The number of alkyl halides is 2. The van der Waals surface area contributed by atoms with E-state index in [4.69, 9.17) is 11.6 Å². The van der Waals surface area contributed by atoms with Crippen LogP contribution >= 0.6 is 22.9 Å². The zero-order valence-corrected chi connectivity index (χ0v) is 13.3. The fourth-order valence-electron chi connectivity index (χ4n) is 1.97. The maximum atomic E-state index is 12.9. The third-order valence-electron chi connectivity index (χ3n) is 2.99. The Hall–Kier alpha value is -2.26. The molecule has 3 heterocycles. The lowest BCUT2D eigenvalue weighted by Gasteiger charge is -2.04. The first-order valence-corrected chi connectivity index (χ1v) is 7.59. The lowest BCUT2D eigenvalue weighted by Crippen LogP contribution is -2.11. The topological polar surface area (TPSA) is 75.6 Å². The number of H-pyrrole nitrogens is 1. The lowest BCUT2D eigenvalue weighted by atomic mass is 10.4. The van der Waals surface area contributed by atoms with Crippen molar-refractivity contribution in [2.24, 2.45) is 0 Å². The van der Waals surface area contributed by atoms with Crippen LogP contribution in [0.3, 0.4) is 0 Å². The maximum absolute atomic E-state index is 12.9. The summed E-state index contributed by atoms with van der Waals surface area (Å²) in [7, 11) is 0. The molecule has 0 fully saturated rings. The molecule has 3 rings (SSSR count). The van der Waals surface area contributed by atoms with Crippen molar-refractivity contribution in [3.05, 3.63) is 41.1 Å². The number of hydrogen-bond acceptors (Lipinski definition) is 4. The molecule has 0 aromatic carbocycles. The van der Waals surface area contributed by atoms with E-state index in [2.05, 4.69) is 20.3 Å². The Kier molecular flexibility index (Phi) is 4.14. The first-order chi connectivity index (χ1) is 11.0. The van der Waals surface area contributed by atoms with Crippen LogP contribution in [0.4, 0.5) is 13.9 Å². The number of amides is 1. The van der Waals surface area contributed by atoms with E-state index in [1.54, 1.807) is 6.92 Å². The Morgan fingerprint density at radius 1 is 1.52 bits per heavy atom. The fourth-order valence-corrected chi connectivity index (χ4v) is 3.09. The van der Waals surface area contributed by atoms with E-state index < -0.39 is 12.5 Å². The molecule has 0 saturated carbocycles. The average molecular weight is 358 g/mol. The number of thiazole rings is 1. The Labute approximate surface area is 138 Å². The number of imidazole rings is 1. The van der Waals surface area contributed by atoms with Crippen LogP contribution in [0.25, 0.3) is 10.7 Å². The van der Waals surface area contributed by atoms with Crippen molar-refractivity contribution >= 4 is 34.0 Å². The minimum absolute atomic E-state index is 0.110. The zero-order valence-electron chi connectivity index (χ0n) is 11.7. The minimum atomic E-state index is -2.70. The molecule has 1 amide bonds. The van der Waals surface area contributed by atoms with Gasteiger partial charge in [-0.15, -0.1) is 0 Å². The molecule has 6 nitrogen and oxygen atoms in total. The minimum Gasteiger partial charge on any atom is -0.356 e. The number of carbonyl (C=O) groups excluding carboxylic acids is 1. The number of halogens is 3. The van der Waals surface area contributed by atoms with Gasteiger partial charge in [-0.1, -0.05) is 22.9 Å². The number of nitrogens with one attached hydrogen (secondary N) is 2. The van der Waals surface area contributed by atoms with E-state index in [0.29, 0.717) is 15.6 Å². The number of aromatic amines is 1. The molecule has 10 heteroatoms. The van der Waals surface area contributed by atoms with Crippen LogP contribution in [0.2, 0.25) is 5.02 Å². The predicted molar refractivity (Wildman–Crippen MR) is 83.1 cm³/mol. The quantitative estimate of drug-likeness (QED) is 0.742. The highest BCUT2D eigenvalue weighted by atomic mass is 35.5. The Bertz CT molecular complexity index is 856. The molecule has 0 saturated heterocycles. The molecule has 120 valence electrons. The number of anilines is 1. The van der Waals surface area contributed by atoms with Gasteiger partial charge in [-0.3, -0.25) is 14.7 Å². The van der Waals surface area contributed by atoms with Gasteiger partial charge in [0.15, 0.2) is 11.0 Å². The van der Waals surface area contributed by atoms with Gasteiger partial charge in [-0.2, -0.15) is 8.78 Å². The Morgan fingerprint density at radius 3 is 2.96 bits per heavy atom. The summed E-state index contributed by atoms with van der Waals surface area (Å²) in [5, 5.41) is 3.29. The van der Waals surface area contributed by atoms with Crippen LogP contribution < -0.4 is 5.32 Å². The van der Waals surface area contributed by atoms with Crippen molar-refractivity contribution in [2.45, 2.75) is 13.5 Å². The highest BCUT2D eigenvalue weighted by Gasteiger charge is 2.19. The summed E-state index contributed by atoms with van der Waals surface area (Å²) in [6.45, 7) is -1.04. The van der Waals surface area contributed by atoms with Crippen molar-refractivity contribution in [3.8, 4) is 10.7 Å². The second-order valence-electron chi connectivity index (χ2n) is 4.56. The largest absolute Gasteiger partial charge is 0.356 e. The number of nitrogens with zero attached hydrogens (tertiary/aromatic N) is 3. The number of carbonyl (C=O) groups is 1. The molecule has 0 aliphatic heterocycles. The lowest BCUT2D eigenvalue weighted by molar-refractivity contribution is 0.0720. The first kappa shape index (κ1) is 15.6. The standard InChI is InChI=1S/C13H10ClF2N5OS/c1-6-9(10-17-2-3-21(10)12(15)16)23-13(19-6)20-11(22)8-4-7(14)5-18-8/h2-5,12,18H,1H3,(H,19,20,22). The smallest absolute Gasteiger partial charge is 0.320 e. The van der Waals surface area contributed by atoms with Crippen LogP contribution in [0, 0.1) is 6.92 Å². The summed E-state index contributed by atoms with van der Waals surface area (Å²) in [4.78, 5) is 23.3. The van der Waals surface area contributed by atoms with E-state index in [9.17, 15) is 13.6 Å². The molecule has 0 radical (unpaired) electrons. The van der Waals surface area contributed by atoms with Crippen molar-refractivity contribution in [3.63, 3.8) is 0 Å². The molecule has 0 spiro atoms. The van der Waals surface area contributed by atoms with Gasteiger partial charge in [0.05, 0.1) is 15.6 Å². The molecule has 0 bridgehead atoms. The highest BCUT2D eigenvalue weighted by molar-refractivity contribution is 7.19. The summed E-state index contributed by atoms with van der Waals surface area (Å²) >= 11 is 6.82. The van der Waals surface area contributed by atoms with Gasteiger partial charge in [0, 0.05) is 18.6 Å². The normalized spacial score (nSPS) is 11.2. The third kappa shape index (κ3) is 3.10. The van der Waals surface area contributed by atoms with Gasteiger partial charge in [-0.25, -0.2) is 9.97 Å². The van der Waals surface area contributed by atoms with E-state index in [-0.39, 0.29) is 16.6 Å². The Balaban J connectivity index is 1.86. The number of rotatable bonds is 4. The second kappa shape index (κ2) is 6.09. The predicted octanol–water partition coefficient (Wildman–Crippen LogP) is 3.94. The van der Waals surface area contributed by atoms with Crippen LogP contribution in [0.15, 0.2) is 24.7 Å². The molecule has 3 aromatic heterocycles. The van der Waals surface area contributed by atoms with E-state index >= 15 is 0 Å². The molecule has 3 aromatic rings. The van der Waals surface area contributed by atoms with Crippen LogP contribution in [-0.2, 0) is 0 Å². The summed E-state index contributed by atoms with van der Waals surface area (Å²) < 4.78 is 26.6. The SMILES string of the molecule is Cc1nc(NC(=O)c2cc(Cl)c[nH]2)sc1-c1nccn1C(F)F. The van der Waals surface area contributed by atoms with E-state index in [0.717, 1.165) is 15.9 Å². The number of hydrogen-bond donors (Lipinski definition) is 2. The van der Waals surface area contributed by atoms with Crippen molar-refractivity contribution in [1.29, 1.82) is 0 Å². The second-order valence-corrected chi connectivity index (χ2v) is 5.99. The monoisotopic (exact) mass is 357 g/mol. The first-order valence-electron chi connectivity index (χ1n) is 6.39. The van der Waals surface area contributed by atoms with Crippen LogP contribution in [0.5, 0.6) is 0 Å². The van der Waals surface area contributed by atoms with Gasteiger partial charge < -0.3 is 4.98 Å². The molecule has 0 atom stereocenters. The molecule has 2 N–H and O–H groups in total. The Morgan fingerprint density at radius 2 is 2.30 bits per heavy atom. The third-order valence-corrected chi connectivity index (χ3v) is 4.28. The van der Waals surface area contributed by atoms with Crippen LogP contribution in [-0.4, -0.2) is 25.4 Å². The maximum Gasteiger partial charge on any atom is 0.320 e. The summed E-state index contributed by atoms with van der Waals surface area (Å²) in [6.07, 6.45) is 3.96. The van der Waals surface area contributed by atoms with Crippen molar-refractivity contribution in [2.75, 3.05) is 5.32 Å². The summed E-state index contributed by atoms with van der Waals surface area (Å²) in [6, 6.07) is 1.47. The van der Waals surface area contributed by atoms with Gasteiger partial charge in [0.1, 0.15) is 5.69 Å². The zero-order chi connectivity index (χ0) is 16.6. The molecule has 0 aliphatic carbocycles. The number of aromatic nitrogens is 4. The summed E-state index contributed by atoms with van der Waals surface area (Å²) in [5.41, 5.74) is 0.779. The summed E-state index contributed by atoms with van der Waals surface area (Å²) in [5.74, 6) is -0.312. The van der Waals surface area contributed by atoms with Crippen molar-refractivity contribution in [1.82, 2.24) is 19.5 Å². The van der Waals surface area contributed by atoms with Gasteiger partial charge >= 0.3 is 6.55 Å². The average Bonchev–Trinajstić information content (AvgIpc) is 3.18. The fraction of sp³-hybridized carbons (Fsp3) is 0.154. The van der Waals surface area contributed by atoms with E-state index in [1.165, 1.54) is 24.7 Å². The van der Waals surface area contributed by atoms with Gasteiger partial charge in [0.2, 0.25) is 0 Å². The molecular weight excluding hydrogens is 348 g/mol. The van der Waals surface area contributed by atoms with Crippen molar-refractivity contribution < 1.29 is 13.6 Å². The van der Waals surface area contributed by atoms with Gasteiger partial charge in [-0.05, 0) is 13.0 Å². The molecule has 0 aliphatic rings.